The smallest absolute Gasteiger partial charge is 0.323 e. The number of carbonyl (C=O) groups is 2. The number of hydrogen-bond donors (Lipinski definition) is 2. The highest BCUT2D eigenvalue weighted by Crippen LogP contribution is 2.33. The predicted octanol–water partition coefficient (Wildman–Crippen LogP) is 4.71. The Kier molecular flexibility index (Phi) is 8.96. The van der Waals surface area contributed by atoms with Gasteiger partial charge >= 0.3 is 6.03 Å². The van der Waals surface area contributed by atoms with E-state index in [0.29, 0.717) is 40.8 Å². The van der Waals surface area contributed by atoms with Crippen LogP contribution in [0.4, 0.5) is 28.1 Å². The van der Waals surface area contributed by atoms with E-state index in [2.05, 4.69) is 46.1 Å². The number of fused-ring (bicyclic) bond motifs is 2. The van der Waals surface area contributed by atoms with E-state index in [9.17, 15) is 9.59 Å². The van der Waals surface area contributed by atoms with Crippen LogP contribution in [0.3, 0.4) is 0 Å². The molecule has 4 unspecified atom stereocenters. The summed E-state index contributed by atoms with van der Waals surface area (Å²) < 4.78 is 6.07. The van der Waals surface area contributed by atoms with Crippen molar-refractivity contribution in [2.24, 2.45) is 0 Å². The fourth-order valence-corrected chi connectivity index (χ4v) is 7.25. The van der Waals surface area contributed by atoms with Crippen molar-refractivity contribution in [1.29, 1.82) is 0 Å². The number of anilines is 4. The molecule has 7 rings (SSSR count). The molecule has 4 aliphatic heterocycles. The first-order valence-electron chi connectivity index (χ1n) is 17.1. The van der Waals surface area contributed by atoms with Crippen molar-refractivity contribution in [3.05, 3.63) is 54.1 Å². The Morgan fingerprint density at radius 1 is 0.766 bits per heavy atom. The van der Waals surface area contributed by atoms with Crippen LogP contribution in [0.5, 0.6) is 0 Å². The van der Waals surface area contributed by atoms with Gasteiger partial charge in [-0.3, -0.25) is 4.79 Å². The summed E-state index contributed by atoms with van der Waals surface area (Å²) in [7, 11) is 0. The maximum Gasteiger partial charge on any atom is 0.323 e. The molecule has 3 aromatic rings. The number of hydrogen-bond acceptors (Lipinski definition) is 9. The molecule has 47 heavy (non-hydrogen) atoms. The molecule has 248 valence electrons. The Morgan fingerprint density at radius 2 is 1.34 bits per heavy atom. The summed E-state index contributed by atoms with van der Waals surface area (Å²) in [6, 6.07) is 15.0. The minimum Gasteiger partial charge on any atom is -0.371 e. The zero-order valence-corrected chi connectivity index (χ0v) is 27.6. The van der Waals surface area contributed by atoms with E-state index >= 15 is 0 Å². The number of aromatic nitrogens is 3. The average Bonchev–Trinajstić information content (AvgIpc) is 3.62. The standard InChI is InChI=1S/C35H45N9O3/c1-4-41-17-19-42(20-18-41)32(45)26-9-13-28(14-10-26)37-35(46)36-27-11-7-25(8-12-27)31-38-33(43-21-29-15-16-30(22-43)47-29)40-34(39-31)44-23(2)5-6-24(44)3/h7-14,23-24,29-30H,4-6,15-22H2,1-3H3,(H2,36,37,46). The third-order valence-electron chi connectivity index (χ3n) is 10.0. The van der Waals surface area contributed by atoms with Gasteiger partial charge in [0.2, 0.25) is 11.9 Å². The first kappa shape index (κ1) is 31.3. The van der Waals surface area contributed by atoms with Gasteiger partial charge in [0.05, 0.1) is 12.2 Å². The van der Waals surface area contributed by atoms with Gasteiger partial charge in [-0.05, 0) is 94.6 Å². The summed E-state index contributed by atoms with van der Waals surface area (Å²) in [4.78, 5) is 49.5. The van der Waals surface area contributed by atoms with Crippen LogP contribution in [0, 0.1) is 0 Å². The minimum atomic E-state index is -0.365. The van der Waals surface area contributed by atoms with E-state index < -0.39 is 0 Å². The number of piperazine rings is 1. The van der Waals surface area contributed by atoms with Crippen LogP contribution >= 0.6 is 0 Å². The van der Waals surface area contributed by atoms with Crippen molar-refractivity contribution in [2.45, 2.75) is 70.7 Å². The van der Waals surface area contributed by atoms with E-state index in [1.807, 2.05) is 29.2 Å². The molecule has 4 atom stereocenters. The van der Waals surface area contributed by atoms with Gasteiger partial charge in [0, 0.05) is 73.9 Å². The van der Waals surface area contributed by atoms with Crippen LogP contribution in [0.1, 0.15) is 56.8 Å². The molecule has 0 radical (unpaired) electrons. The molecule has 2 N–H and O–H groups in total. The molecule has 4 aliphatic rings. The molecule has 3 amide bonds. The summed E-state index contributed by atoms with van der Waals surface area (Å²) in [5.74, 6) is 2.06. The van der Waals surface area contributed by atoms with Crippen molar-refractivity contribution in [2.75, 3.05) is 66.2 Å². The molecular formula is C35H45N9O3. The number of amides is 3. The Bertz CT molecular complexity index is 1550. The lowest BCUT2D eigenvalue weighted by molar-refractivity contribution is 0.0299. The number of morpholine rings is 1. The lowest BCUT2D eigenvalue weighted by Gasteiger charge is -2.34. The molecule has 1 aromatic heterocycles. The number of nitrogens with one attached hydrogen (secondary N) is 2. The summed E-state index contributed by atoms with van der Waals surface area (Å²) in [6.07, 6.45) is 4.84. The monoisotopic (exact) mass is 639 g/mol. The van der Waals surface area contributed by atoms with Gasteiger partial charge in [-0.15, -0.1) is 0 Å². The molecule has 5 heterocycles. The van der Waals surface area contributed by atoms with E-state index in [-0.39, 0.29) is 24.1 Å². The SMILES string of the molecule is CCN1CCN(C(=O)c2ccc(NC(=O)Nc3ccc(-c4nc(N5CC6CCC(C5)O6)nc(N5C(C)CCC5C)n4)cc3)cc2)CC1. The molecule has 0 aliphatic carbocycles. The Morgan fingerprint density at radius 3 is 1.94 bits per heavy atom. The highest BCUT2D eigenvalue weighted by atomic mass is 16.5. The highest BCUT2D eigenvalue weighted by Gasteiger charge is 2.36. The van der Waals surface area contributed by atoms with Crippen LogP contribution in [-0.4, -0.2) is 107 Å². The fourth-order valence-electron chi connectivity index (χ4n) is 7.25. The first-order valence-corrected chi connectivity index (χ1v) is 17.1. The largest absolute Gasteiger partial charge is 0.371 e. The summed E-state index contributed by atoms with van der Waals surface area (Å²) in [5, 5.41) is 5.76. The number of urea groups is 1. The number of carbonyl (C=O) groups excluding carboxylic acids is 2. The van der Waals surface area contributed by atoms with Crippen LogP contribution < -0.4 is 20.4 Å². The van der Waals surface area contributed by atoms with Crippen LogP contribution in [0.25, 0.3) is 11.4 Å². The van der Waals surface area contributed by atoms with Crippen molar-refractivity contribution in [1.82, 2.24) is 24.8 Å². The lowest BCUT2D eigenvalue weighted by atomic mass is 10.1. The molecule has 2 bridgehead atoms. The Labute approximate surface area is 276 Å². The van der Waals surface area contributed by atoms with E-state index in [1.165, 1.54) is 0 Å². The van der Waals surface area contributed by atoms with Gasteiger partial charge in [0.1, 0.15) is 0 Å². The topological polar surface area (TPSA) is 119 Å². The lowest BCUT2D eigenvalue weighted by Crippen LogP contribution is -2.48. The second kappa shape index (κ2) is 13.4. The van der Waals surface area contributed by atoms with Crippen LogP contribution in [-0.2, 0) is 4.74 Å². The molecular weight excluding hydrogens is 594 g/mol. The number of ether oxygens (including phenoxy) is 1. The average molecular weight is 640 g/mol. The van der Waals surface area contributed by atoms with Crippen molar-refractivity contribution in [3.63, 3.8) is 0 Å². The van der Waals surface area contributed by atoms with Crippen molar-refractivity contribution < 1.29 is 14.3 Å². The normalized spacial score (nSPS) is 24.4. The van der Waals surface area contributed by atoms with Gasteiger partial charge in [-0.2, -0.15) is 15.0 Å². The quantitative estimate of drug-likeness (QED) is 0.379. The van der Waals surface area contributed by atoms with Crippen molar-refractivity contribution >= 4 is 35.2 Å². The predicted molar refractivity (Wildman–Crippen MR) is 183 cm³/mol. The molecule has 2 aromatic carbocycles. The van der Waals surface area contributed by atoms with E-state index in [0.717, 1.165) is 83.0 Å². The second-order valence-corrected chi connectivity index (χ2v) is 13.3. The van der Waals surface area contributed by atoms with E-state index in [1.54, 1.807) is 24.3 Å². The zero-order chi connectivity index (χ0) is 32.5. The maximum absolute atomic E-state index is 12.9. The van der Waals surface area contributed by atoms with Gasteiger partial charge < -0.3 is 35.0 Å². The summed E-state index contributed by atoms with van der Waals surface area (Å²) in [5.41, 5.74) is 2.73. The zero-order valence-electron chi connectivity index (χ0n) is 27.6. The second-order valence-electron chi connectivity index (χ2n) is 13.3. The van der Waals surface area contributed by atoms with Crippen molar-refractivity contribution in [3.8, 4) is 11.4 Å². The van der Waals surface area contributed by atoms with Gasteiger partial charge in [-0.1, -0.05) is 6.92 Å². The number of nitrogens with zero attached hydrogens (tertiary/aromatic N) is 7. The third-order valence-corrected chi connectivity index (χ3v) is 10.0. The molecule has 4 fully saturated rings. The van der Waals surface area contributed by atoms with Gasteiger partial charge in [0.15, 0.2) is 5.82 Å². The number of likely N-dealkylation sites (N-methyl/N-ethyl adjacent to an activating group) is 1. The maximum atomic E-state index is 12.9. The first-order chi connectivity index (χ1) is 22.8. The molecule has 0 spiro atoms. The van der Waals surface area contributed by atoms with E-state index in [4.69, 9.17) is 19.7 Å². The summed E-state index contributed by atoms with van der Waals surface area (Å²) >= 11 is 0. The van der Waals surface area contributed by atoms with Gasteiger partial charge in [-0.25, -0.2) is 4.79 Å². The molecule has 0 saturated carbocycles. The Hall–Kier alpha value is -4.29. The number of benzene rings is 2. The fraction of sp³-hybridized carbons (Fsp3) is 0.514. The van der Waals surface area contributed by atoms with Gasteiger partial charge in [0.25, 0.3) is 5.91 Å². The number of rotatable bonds is 7. The minimum absolute atomic E-state index is 0.0239. The highest BCUT2D eigenvalue weighted by molar-refractivity contribution is 6.00. The van der Waals surface area contributed by atoms with Crippen LogP contribution in [0.15, 0.2) is 48.5 Å². The molecule has 12 nitrogen and oxygen atoms in total. The third kappa shape index (κ3) is 6.89. The Balaban J connectivity index is 1.01. The molecule has 12 heteroatoms. The molecule has 4 saturated heterocycles. The summed E-state index contributed by atoms with van der Waals surface area (Å²) in [6.45, 7) is 12.4. The van der Waals surface area contributed by atoms with Crippen LogP contribution in [0.2, 0.25) is 0 Å².